The number of fused-ring (bicyclic) bond motifs is 1. The predicted octanol–water partition coefficient (Wildman–Crippen LogP) is 4.57. The molecule has 1 heterocycles. The second-order valence-corrected chi connectivity index (χ2v) is 8.49. The second kappa shape index (κ2) is 10.5. The molecule has 0 bridgehead atoms. The normalized spacial score (nSPS) is 14.3. The number of aryl methyl sites for hydroxylation is 1. The maximum Gasteiger partial charge on any atom is 0.239 e. The summed E-state index contributed by atoms with van der Waals surface area (Å²) < 4.78 is 11.7. The molecule has 0 aliphatic carbocycles. The highest BCUT2D eigenvalue weighted by molar-refractivity contribution is 5.81. The summed E-state index contributed by atoms with van der Waals surface area (Å²) >= 11 is 0. The summed E-state index contributed by atoms with van der Waals surface area (Å²) in [6, 6.07) is 14.0. The number of hydrogen-bond acceptors (Lipinski definition) is 4. The Morgan fingerprint density at radius 2 is 1.83 bits per heavy atom. The van der Waals surface area contributed by atoms with Crippen LogP contribution < -0.4 is 14.8 Å². The summed E-state index contributed by atoms with van der Waals surface area (Å²) in [5.41, 5.74) is 3.30. The van der Waals surface area contributed by atoms with Crippen LogP contribution in [0.15, 0.2) is 42.5 Å². The van der Waals surface area contributed by atoms with Crippen molar-refractivity contribution in [3.8, 4) is 11.5 Å². The highest BCUT2D eigenvalue weighted by Crippen LogP contribution is 2.34. The molecular formula is C25H36N2O3. The van der Waals surface area contributed by atoms with Gasteiger partial charge in [0.2, 0.25) is 5.91 Å². The first-order valence-electron chi connectivity index (χ1n) is 10.9. The fourth-order valence-electron chi connectivity index (χ4n) is 3.73. The van der Waals surface area contributed by atoms with Gasteiger partial charge in [0, 0.05) is 27.5 Å². The molecular weight excluding hydrogens is 376 g/mol. The van der Waals surface area contributed by atoms with Gasteiger partial charge >= 0.3 is 0 Å². The highest BCUT2D eigenvalue weighted by atomic mass is 16.5. The topological polar surface area (TPSA) is 50.8 Å². The number of carbonyl (C=O) groups excluding carboxylic acids is 1. The Kier molecular flexibility index (Phi) is 7.75. The molecule has 0 fully saturated rings. The van der Waals surface area contributed by atoms with Gasteiger partial charge in [0.15, 0.2) is 11.5 Å². The van der Waals surface area contributed by atoms with Gasteiger partial charge in [-0.05, 0) is 42.5 Å². The Labute approximate surface area is 181 Å². The largest absolute Gasteiger partial charge is 0.490 e. The van der Waals surface area contributed by atoms with E-state index >= 15 is 0 Å². The van der Waals surface area contributed by atoms with Crippen LogP contribution in [-0.4, -0.2) is 36.6 Å². The zero-order valence-electron chi connectivity index (χ0n) is 18.6. The molecule has 1 N–H and O–H groups in total. The SMILES string of the molecule is Cc1cc(CN(CC(C)C)C(=O)C(C)NCc2ccccc2)cc2c1OCCCO2.[HH]. The quantitative estimate of drug-likeness (QED) is 0.690. The van der Waals surface area contributed by atoms with Gasteiger partial charge in [-0.1, -0.05) is 50.2 Å². The number of nitrogens with zero attached hydrogens (tertiary/aromatic N) is 1. The summed E-state index contributed by atoms with van der Waals surface area (Å²) in [7, 11) is 0. The van der Waals surface area contributed by atoms with Gasteiger partial charge in [-0.25, -0.2) is 0 Å². The minimum atomic E-state index is -0.259. The molecule has 5 nitrogen and oxygen atoms in total. The lowest BCUT2D eigenvalue weighted by molar-refractivity contribution is -0.134. The molecule has 164 valence electrons. The average Bonchev–Trinajstić information content (AvgIpc) is 2.97. The molecule has 30 heavy (non-hydrogen) atoms. The highest BCUT2D eigenvalue weighted by Gasteiger charge is 2.23. The number of ether oxygens (including phenoxy) is 2. The van der Waals surface area contributed by atoms with E-state index in [2.05, 4.69) is 37.4 Å². The van der Waals surface area contributed by atoms with Crippen molar-refractivity contribution >= 4 is 5.91 Å². The van der Waals surface area contributed by atoms with E-state index in [0.717, 1.165) is 29.0 Å². The van der Waals surface area contributed by atoms with Crippen molar-refractivity contribution in [1.29, 1.82) is 0 Å². The average molecular weight is 413 g/mol. The van der Waals surface area contributed by atoms with Gasteiger partial charge in [-0.15, -0.1) is 0 Å². The van der Waals surface area contributed by atoms with E-state index in [1.54, 1.807) is 0 Å². The Morgan fingerprint density at radius 1 is 1.10 bits per heavy atom. The van der Waals surface area contributed by atoms with Crippen molar-refractivity contribution < 1.29 is 15.7 Å². The van der Waals surface area contributed by atoms with Gasteiger partial charge in [-0.2, -0.15) is 0 Å². The van der Waals surface area contributed by atoms with Crippen molar-refractivity contribution in [3.63, 3.8) is 0 Å². The minimum absolute atomic E-state index is 0. The van der Waals surface area contributed by atoms with Gasteiger partial charge in [0.25, 0.3) is 0 Å². The monoisotopic (exact) mass is 412 g/mol. The minimum Gasteiger partial charge on any atom is -0.490 e. The fraction of sp³-hybridized carbons (Fsp3) is 0.480. The molecule has 0 aromatic heterocycles. The lowest BCUT2D eigenvalue weighted by Crippen LogP contribution is -2.45. The van der Waals surface area contributed by atoms with E-state index in [-0.39, 0.29) is 13.4 Å². The summed E-state index contributed by atoms with van der Waals surface area (Å²) in [6.45, 7) is 11.5. The van der Waals surface area contributed by atoms with Crippen molar-refractivity contribution in [2.75, 3.05) is 19.8 Å². The van der Waals surface area contributed by atoms with Crippen LogP contribution in [0, 0.1) is 12.8 Å². The van der Waals surface area contributed by atoms with Crippen LogP contribution in [0.2, 0.25) is 0 Å². The molecule has 1 aliphatic heterocycles. The Morgan fingerprint density at radius 3 is 2.57 bits per heavy atom. The molecule has 0 spiro atoms. The van der Waals surface area contributed by atoms with Crippen LogP contribution in [0.25, 0.3) is 0 Å². The van der Waals surface area contributed by atoms with Crippen molar-refractivity contribution in [1.82, 2.24) is 10.2 Å². The maximum atomic E-state index is 13.2. The summed E-state index contributed by atoms with van der Waals surface area (Å²) in [4.78, 5) is 15.2. The molecule has 0 radical (unpaired) electrons. The maximum absolute atomic E-state index is 13.2. The number of nitrogens with one attached hydrogen (secondary N) is 1. The van der Waals surface area contributed by atoms with Crippen LogP contribution in [-0.2, 0) is 17.9 Å². The smallest absolute Gasteiger partial charge is 0.239 e. The standard InChI is InChI=1S/C25H34N2O3.H2/c1-18(2)16-27(25(28)20(4)26-15-21-9-6-5-7-10-21)17-22-13-19(3)24-23(14-22)29-11-8-12-30-24;/h5-7,9-10,13-14,18,20,26H,8,11-12,15-17H2,1-4H3;1H. The zero-order chi connectivity index (χ0) is 21.5. The molecule has 0 saturated carbocycles. The van der Waals surface area contributed by atoms with E-state index in [1.165, 1.54) is 5.56 Å². The molecule has 1 amide bonds. The molecule has 2 aromatic rings. The third-order valence-electron chi connectivity index (χ3n) is 5.19. The Bertz CT molecular complexity index is 842. The van der Waals surface area contributed by atoms with Crippen LogP contribution in [0.1, 0.15) is 45.3 Å². The summed E-state index contributed by atoms with van der Waals surface area (Å²) in [6.07, 6.45) is 0.881. The lowest BCUT2D eigenvalue weighted by Gasteiger charge is -2.28. The first-order valence-corrected chi connectivity index (χ1v) is 10.9. The van der Waals surface area contributed by atoms with Crippen molar-refractivity contribution in [2.45, 2.75) is 53.2 Å². The first kappa shape index (κ1) is 22.2. The number of hydrogen-bond donors (Lipinski definition) is 1. The van der Waals surface area contributed by atoms with Gasteiger partial charge in [0.1, 0.15) is 0 Å². The molecule has 2 aromatic carbocycles. The Balaban J connectivity index is 0.00000341. The molecule has 5 heteroatoms. The van der Waals surface area contributed by atoms with Crippen molar-refractivity contribution in [2.24, 2.45) is 5.92 Å². The molecule has 1 atom stereocenters. The third kappa shape index (κ3) is 5.99. The Hall–Kier alpha value is -2.53. The van der Waals surface area contributed by atoms with Crippen molar-refractivity contribution in [3.05, 3.63) is 59.2 Å². The number of benzene rings is 2. The van der Waals surface area contributed by atoms with Gasteiger partial charge in [-0.3, -0.25) is 4.79 Å². The van der Waals surface area contributed by atoms with Crippen LogP contribution in [0.3, 0.4) is 0 Å². The third-order valence-corrected chi connectivity index (χ3v) is 5.19. The molecule has 3 rings (SSSR count). The molecule has 1 unspecified atom stereocenters. The summed E-state index contributed by atoms with van der Waals surface area (Å²) in [5.74, 6) is 2.12. The second-order valence-electron chi connectivity index (χ2n) is 8.49. The van der Waals surface area contributed by atoms with Gasteiger partial charge in [0.05, 0.1) is 19.3 Å². The van der Waals surface area contributed by atoms with Crippen LogP contribution in [0.5, 0.6) is 11.5 Å². The lowest BCUT2D eigenvalue weighted by atomic mass is 10.1. The van der Waals surface area contributed by atoms with E-state index in [1.807, 2.05) is 43.0 Å². The van der Waals surface area contributed by atoms with Crippen LogP contribution in [0.4, 0.5) is 0 Å². The van der Waals surface area contributed by atoms with E-state index < -0.39 is 0 Å². The first-order chi connectivity index (χ1) is 14.4. The predicted molar refractivity (Wildman–Crippen MR) is 122 cm³/mol. The van der Waals surface area contributed by atoms with E-state index in [9.17, 15) is 4.79 Å². The van der Waals surface area contributed by atoms with E-state index in [4.69, 9.17) is 9.47 Å². The number of amides is 1. The van der Waals surface area contributed by atoms with Crippen LogP contribution >= 0.6 is 0 Å². The summed E-state index contributed by atoms with van der Waals surface area (Å²) in [5, 5.41) is 3.37. The molecule has 0 saturated heterocycles. The van der Waals surface area contributed by atoms with E-state index in [0.29, 0.717) is 38.8 Å². The molecule has 1 aliphatic rings. The number of rotatable bonds is 8. The fourth-order valence-corrected chi connectivity index (χ4v) is 3.73. The zero-order valence-corrected chi connectivity index (χ0v) is 18.6. The van der Waals surface area contributed by atoms with Gasteiger partial charge < -0.3 is 19.7 Å². The number of carbonyl (C=O) groups is 1.